The largest absolute Gasteiger partial charge is 0.329 e. The van der Waals surface area contributed by atoms with Crippen LogP contribution in [0.3, 0.4) is 0 Å². The van der Waals surface area contributed by atoms with Crippen molar-refractivity contribution in [2.45, 2.75) is 57.7 Å². The van der Waals surface area contributed by atoms with Crippen LogP contribution in [-0.2, 0) is 4.79 Å². The summed E-state index contributed by atoms with van der Waals surface area (Å²) in [5, 5.41) is 1.00. The van der Waals surface area contributed by atoms with Gasteiger partial charge < -0.3 is 10.6 Å². The predicted octanol–water partition coefficient (Wildman–Crippen LogP) is 4.17. The van der Waals surface area contributed by atoms with Crippen LogP contribution in [0.1, 0.15) is 51.6 Å². The molecule has 1 heterocycles. The molecule has 1 aliphatic rings. The van der Waals surface area contributed by atoms with Gasteiger partial charge >= 0.3 is 0 Å². The Morgan fingerprint density at radius 3 is 2.48 bits per heavy atom. The number of rotatable bonds is 1. The van der Waals surface area contributed by atoms with Gasteiger partial charge in [0.1, 0.15) is 0 Å². The van der Waals surface area contributed by atoms with Crippen molar-refractivity contribution in [1.82, 2.24) is 4.90 Å². The maximum atomic E-state index is 12.6. The molecule has 5 heteroatoms. The summed E-state index contributed by atoms with van der Waals surface area (Å²) in [6.45, 7) is 6.11. The molecule has 2 N–H and O–H groups in total. The molecule has 1 aromatic rings. The van der Waals surface area contributed by atoms with Gasteiger partial charge in [-0.1, -0.05) is 29.3 Å². The highest BCUT2D eigenvalue weighted by Crippen LogP contribution is 2.37. The minimum absolute atomic E-state index is 0.104. The molecule has 1 aromatic carbocycles. The summed E-state index contributed by atoms with van der Waals surface area (Å²) in [6, 6.07) is 5.23. The summed E-state index contributed by atoms with van der Waals surface area (Å²) in [5.41, 5.74) is 7.03. The van der Waals surface area contributed by atoms with E-state index in [1.165, 1.54) is 0 Å². The zero-order chi connectivity index (χ0) is 15.8. The average molecular weight is 329 g/mol. The van der Waals surface area contributed by atoms with Gasteiger partial charge in [0.25, 0.3) is 0 Å². The van der Waals surface area contributed by atoms with Gasteiger partial charge in [0.15, 0.2) is 0 Å². The van der Waals surface area contributed by atoms with E-state index >= 15 is 0 Å². The minimum atomic E-state index is -0.296. The molecule has 21 heavy (non-hydrogen) atoms. The number of hydrogen-bond donors (Lipinski definition) is 1. The smallest absolute Gasteiger partial charge is 0.223 e. The zero-order valence-corrected chi connectivity index (χ0v) is 14.2. The second-order valence-corrected chi connectivity index (χ2v) is 7.42. The normalized spacial score (nSPS) is 24.1. The van der Waals surface area contributed by atoms with Crippen LogP contribution in [0.5, 0.6) is 0 Å². The van der Waals surface area contributed by atoms with E-state index in [0.717, 1.165) is 18.4 Å². The van der Waals surface area contributed by atoms with Crippen molar-refractivity contribution in [2.24, 2.45) is 5.73 Å². The Morgan fingerprint density at radius 2 is 1.90 bits per heavy atom. The number of likely N-dealkylation sites (tertiary alicyclic amines) is 1. The molecule has 116 valence electrons. The molecule has 0 aromatic heterocycles. The molecule has 0 radical (unpaired) electrons. The first kappa shape index (κ1) is 16.6. The van der Waals surface area contributed by atoms with Crippen LogP contribution in [0.2, 0.25) is 10.0 Å². The lowest BCUT2D eigenvalue weighted by molar-refractivity contribution is -0.139. The lowest BCUT2D eigenvalue weighted by Gasteiger charge is -2.43. The molecule has 0 spiro atoms. The van der Waals surface area contributed by atoms with Crippen molar-refractivity contribution in [3.8, 4) is 0 Å². The van der Waals surface area contributed by atoms with Gasteiger partial charge in [0.2, 0.25) is 5.91 Å². The molecule has 0 bridgehead atoms. The first-order valence-corrected chi connectivity index (χ1v) is 8.00. The van der Waals surface area contributed by atoms with Gasteiger partial charge in [-0.25, -0.2) is 0 Å². The first-order chi connectivity index (χ1) is 9.71. The molecule has 3 nitrogen and oxygen atoms in total. The van der Waals surface area contributed by atoms with Crippen molar-refractivity contribution < 1.29 is 4.79 Å². The Morgan fingerprint density at radius 1 is 1.24 bits per heavy atom. The number of nitrogens with two attached hydrogens (primary N) is 1. The van der Waals surface area contributed by atoms with Crippen molar-refractivity contribution in [3.63, 3.8) is 0 Å². The average Bonchev–Trinajstić information content (AvgIpc) is 2.51. The Labute approximate surface area is 136 Å². The van der Waals surface area contributed by atoms with Gasteiger partial charge in [-0.2, -0.15) is 0 Å². The highest BCUT2D eigenvalue weighted by Gasteiger charge is 2.39. The van der Waals surface area contributed by atoms with Crippen LogP contribution in [0, 0.1) is 0 Å². The molecule has 2 rings (SSSR count). The van der Waals surface area contributed by atoms with E-state index in [2.05, 4.69) is 0 Å². The van der Waals surface area contributed by atoms with Crippen molar-refractivity contribution >= 4 is 29.1 Å². The molecule has 1 aliphatic heterocycles. The lowest BCUT2D eigenvalue weighted by atomic mass is 9.92. The third-order valence-corrected chi connectivity index (χ3v) is 4.63. The van der Waals surface area contributed by atoms with Crippen LogP contribution in [0.25, 0.3) is 0 Å². The van der Waals surface area contributed by atoms with Crippen molar-refractivity contribution in [2.75, 3.05) is 0 Å². The SMILES string of the molecule is CC(C)(C)N1C(=O)CCCC(N)C1c1ccc(Cl)c(Cl)c1. The van der Waals surface area contributed by atoms with E-state index < -0.39 is 0 Å². The van der Waals surface area contributed by atoms with E-state index in [1.807, 2.05) is 37.8 Å². The summed E-state index contributed by atoms with van der Waals surface area (Å²) in [7, 11) is 0. The van der Waals surface area contributed by atoms with Gasteiger partial charge in [0.05, 0.1) is 16.1 Å². The Hall–Kier alpha value is -0.770. The Kier molecular flexibility index (Phi) is 4.86. The first-order valence-electron chi connectivity index (χ1n) is 7.24. The molecular formula is C16H22Cl2N2O. The number of carbonyl (C=O) groups excluding carboxylic acids is 1. The van der Waals surface area contributed by atoms with Crippen molar-refractivity contribution in [1.29, 1.82) is 0 Å². The standard InChI is InChI=1S/C16H22Cl2N2O/c1-16(2,3)20-14(21)6-4-5-13(19)15(20)10-7-8-11(17)12(18)9-10/h7-9,13,15H,4-6,19H2,1-3H3. The van der Waals surface area contributed by atoms with E-state index in [-0.39, 0.29) is 23.5 Å². The highest BCUT2D eigenvalue weighted by molar-refractivity contribution is 6.42. The second kappa shape index (κ2) is 6.15. The van der Waals surface area contributed by atoms with Crippen LogP contribution in [0.4, 0.5) is 0 Å². The monoisotopic (exact) mass is 328 g/mol. The maximum Gasteiger partial charge on any atom is 0.223 e. The molecule has 1 saturated heterocycles. The molecule has 0 aliphatic carbocycles. The van der Waals surface area contributed by atoms with E-state index in [9.17, 15) is 4.79 Å². The Balaban J connectivity index is 2.51. The van der Waals surface area contributed by atoms with E-state index in [1.54, 1.807) is 6.07 Å². The molecule has 2 atom stereocenters. The maximum absolute atomic E-state index is 12.6. The molecular weight excluding hydrogens is 307 g/mol. The van der Waals surface area contributed by atoms with Crippen molar-refractivity contribution in [3.05, 3.63) is 33.8 Å². The summed E-state index contributed by atoms with van der Waals surface area (Å²) < 4.78 is 0. The molecule has 0 saturated carbocycles. The fourth-order valence-corrected chi connectivity index (χ4v) is 3.30. The van der Waals surface area contributed by atoms with Crippen LogP contribution < -0.4 is 5.73 Å². The third kappa shape index (κ3) is 3.53. The fourth-order valence-electron chi connectivity index (χ4n) is 3.00. The number of carbonyl (C=O) groups is 1. The van der Waals surface area contributed by atoms with E-state index in [4.69, 9.17) is 28.9 Å². The molecule has 2 unspecified atom stereocenters. The molecule has 1 amide bonds. The summed E-state index contributed by atoms with van der Waals surface area (Å²) in [4.78, 5) is 14.5. The van der Waals surface area contributed by atoms with Crippen LogP contribution in [-0.4, -0.2) is 22.4 Å². The number of amides is 1. The summed E-state index contributed by atoms with van der Waals surface area (Å²) >= 11 is 12.1. The topological polar surface area (TPSA) is 46.3 Å². The summed E-state index contributed by atoms with van der Waals surface area (Å²) in [6.07, 6.45) is 2.19. The predicted molar refractivity (Wildman–Crippen MR) is 87.6 cm³/mol. The van der Waals surface area contributed by atoms with Crippen LogP contribution >= 0.6 is 23.2 Å². The minimum Gasteiger partial charge on any atom is -0.329 e. The fraction of sp³-hybridized carbons (Fsp3) is 0.562. The quantitative estimate of drug-likeness (QED) is 0.840. The summed E-state index contributed by atoms with van der Waals surface area (Å²) in [5.74, 6) is 0.145. The number of halogens is 2. The molecule has 1 fully saturated rings. The van der Waals surface area contributed by atoms with Crippen LogP contribution in [0.15, 0.2) is 18.2 Å². The van der Waals surface area contributed by atoms with Gasteiger partial charge in [-0.05, 0) is 51.3 Å². The number of benzene rings is 1. The van der Waals surface area contributed by atoms with Gasteiger partial charge in [-0.15, -0.1) is 0 Å². The second-order valence-electron chi connectivity index (χ2n) is 6.61. The number of hydrogen-bond acceptors (Lipinski definition) is 2. The Bertz CT molecular complexity index is 540. The zero-order valence-electron chi connectivity index (χ0n) is 12.7. The number of nitrogens with zero attached hydrogens (tertiary/aromatic N) is 1. The van der Waals surface area contributed by atoms with E-state index in [0.29, 0.717) is 16.5 Å². The van der Waals surface area contributed by atoms with Gasteiger partial charge in [0, 0.05) is 18.0 Å². The third-order valence-electron chi connectivity index (χ3n) is 3.89. The van der Waals surface area contributed by atoms with Gasteiger partial charge in [-0.3, -0.25) is 4.79 Å². The lowest BCUT2D eigenvalue weighted by Crippen LogP contribution is -2.51. The highest BCUT2D eigenvalue weighted by atomic mass is 35.5.